The van der Waals surface area contributed by atoms with Crippen LogP contribution in [0.4, 0.5) is 0 Å². The largest absolute Gasteiger partial charge is 0.351 e. The van der Waals surface area contributed by atoms with Crippen LogP contribution in [0.15, 0.2) is 41.8 Å². The number of hydrogen-bond acceptors (Lipinski definition) is 4. The number of carbonyl (C=O) groups is 1. The van der Waals surface area contributed by atoms with Gasteiger partial charge < -0.3 is 5.32 Å². The molecule has 118 valence electrons. The van der Waals surface area contributed by atoms with Crippen molar-refractivity contribution in [2.75, 3.05) is 6.54 Å². The highest BCUT2D eigenvalue weighted by Crippen LogP contribution is 2.20. The van der Waals surface area contributed by atoms with Crippen molar-refractivity contribution in [2.45, 2.75) is 19.8 Å². The molecule has 0 aliphatic carbocycles. The summed E-state index contributed by atoms with van der Waals surface area (Å²) in [6, 6.07) is 11.4. The molecule has 2 N–H and O–H groups in total. The van der Waals surface area contributed by atoms with Gasteiger partial charge in [-0.3, -0.25) is 9.89 Å². The van der Waals surface area contributed by atoms with Crippen LogP contribution in [0.2, 0.25) is 0 Å². The molecule has 5 nitrogen and oxygen atoms in total. The Kier molecular flexibility index (Phi) is 4.52. The number of H-pyrrole nitrogens is 1. The molecule has 0 saturated heterocycles. The third-order valence-electron chi connectivity index (χ3n) is 3.60. The summed E-state index contributed by atoms with van der Waals surface area (Å²) in [4.78, 5) is 17.8. The number of aromatic nitrogens is 3. The highest BCUT2D eigenvalue weighted by atomic mass is 32.1. The molecule has 3 rings (SSSR count). The summed E-state index contributed by atoms with van der Waals surface area (Å²) in [6.07, 6.45) is 0. The second-order valence-corrected chi connectivity index (χ2v) is 6.43. The first-order chi connectivity index (χ1) is 11.1. The van der Waals surface area contributed by atoms with Crippen molar-refractivity contribution in [1.82, 2.24) is 20.5 Å². The molecule has 3 aromatic rings. The average molecular weight is 326 g/mol. The van der Waals surface area contributed by atoms with Gasteiger partial charge in [0.15, 0.2) is 5.82 Å². The fourth-order valence-electron chi connectivity index (χ4n) is 2.26. The molecule has 0 bridgehead atoms. The van der Waals surface area contributed by atoms with E-state index in [1.54, 1.807) is 23.5 Å². The maximum Gasteiger partial charge on any atom is 0.251 e. The minimum Gasteiger partial charge on any atom is -0.351 e. The van der Waals surface area contributed by atoms with Gasteiger partial charge in [-0.15, -0.1) is 11.3 Å². The third kappa shape index (κ3) is 3.65. The Morgan fingerprint density at radius 2 is 2.09 bits per heavy atom. The van der Waals surface area contributed by atoms with Crippen LogP contribution in [0, 0.1) is 6.92 Å². The second-order valence-electron chi connectivity index (χ2n) is 5.45. The quantitative estimate of drug-likeness (QED) is 0.755. The predicted molar refractivity (Wildman–Crippen MR) is 91.6 cm³/mol. The number of aromatic amines is 1. The summed E-state index contributed by atoms with van der Waals surface area (Å²) in [5.41, 5.74) is 1.53. The zero-order valence-electron chi connectivity index (χ0n) is 13.0. The van der Waals surface area contributed by atoms with Crippen LogP contribution < -0.4 is 5.32 Å². The van der Waals surface area contributed by atoms with Crippen LogP contribution in [0.5, 0.6) is 0 Å². The minimum atomic E-state index is -0.0638. The number of amides is 1. The maximum atomic E-state index is 12.2. The topological polar surface area (TPSA) is 70.7 Å². The van der Waals surface area contributed by atoms with E-state index in [-0.39, 0.29) is 5.91 Å². The normalized spacial score (nSPS) is 12.1. The van der Waals surface area contributed by atoms with Crippen molar-refractivity contribution in [3.8, 4) is 11.4 Å². The summed E-state index contributed by atoms with van der Waals surface area (Å²) in [5, 5.41) is 12.0. The van der Waals surface area contributed by atoms with E-state index >= 15 is 0 Å². The molecule has 0 radical (unpaired) electrons. The smallest absolute Gasteiger partial charge is 0.251 e. The van der Waals surface area contributed by atoms with Gasteiger partial charge in [-0.25, -0.2) is 4.98 Å². The van der Waals surface area contributed by atoms with Gasteiger partial charge >= 0.3 is 0 Å². The van der Waals surface area contributed by atoms with Crippen molar-refractivity contribution < 1.29 is 4.79 Å². The molecule has 1 amide bonds. The summed E-state index contributed by atoms with van der Waals surface area (Å²) in [7, 11) is 0. The number of aryl methyl sites for hydroxylation is 1. The summed E-state index contributed by atoms with van der Waals surface area (Å²) >= 11 is 1.71. The van der Waals surface area contributed by atoms with Crippen molar-refractivity contribution in [3.63, 3.8) is 0 Å². The molecule has 0 aliphatic rings. The first-order valence-electron chi connectivity index (χ1n) is 7.44. The number of rotatable bonds is 5. The van der Waals surface area contributed by atoms with Crippen LogP contribution in [-0.4, -0.2) is 27.6 Å². The number of nitrogens with one attached hydrogen (secondary N) is 2. The number of thiophene rings is 1. The Hall–Kier alpha value is -2.47. The lowest BCUT2D eigenvalue weighted by molar-refractivity contribution is 0.0952. The molecule has 0 unspecified atom stereocenters. The van der Waals surface area contributed by atoms with Gasteiger partial charge in [0.1, 0.15) is 5.82 Å². The van der Waals surface area contributed by atoms with Gasteiger partial charge in [0, 0.05) is 28.5 Å². The molecule has 0 fully saturated rings. The molecular weight excluding hydrogens is 308 g/mol. The molecule has 23 heavy (non-hydrogen) atoms. The van der Waals surface area contributed by atoms with Gasteiger partial charge in [0.25, 0.3) is 5.91 Å². The van der Waals surface area contributed by atoms with Crippen molar-refractivity contribution in [3.05, 3.63) is 58.0 Å². The SMILES string of the molecule is Cc1nc(-c2ccc(C(=O)NC[C@H](C)c3cccs3)cc2)n[nH]1. The molecule has 1 aromatic carbocycles. The number of nitrogens with zero attached hydrogens (tertiary/aromatic N) is 2. The predicted octanol–water partition coefficient (Wildman–Crippen LogP) is 3.38. The molecule has 1 atom stereocenters. The van der Waals surface area contributed by atoms with Crippen molar-refractivity contribution in [2.24, 2.45) is 0 Å². The van der Waals surface area contributed by atoms with Crippen LogP contribution in [0.3, 0.4) is 0 Å². The van der Waals surface area contributed by atoms with Gasteiger partial charge in [-0.05, 0) is 30.5 Å². The Balaban J connectivity index is 1.61. The summed E-state index contributed by atoms with van der Waals surface area (Å²) in [5.74, 6) is 1.66. The Bertz CT molecular complexity index is 777. The molecule has 0 spiro atoms. The van der Waals surface area contributed by atoms with E-state index in [0.29, 0.717) is 23.9 Å². The zero-order chi connectivity index (χ0) is 16.2. The summed E-state index contributed by atoms with van der Waals surface area (Å²) < 4.78 is 0. The van der Waals surface area contributed by atoms with Crippen LogP contribution >= 0.6 is 11.3 Å². The molecule has 6 heteroatoms. The van der Waals surface area contributed by atoms with Crippen LogP contribution in [-0.2, 0) is 0 Å². The van der Waals surface area contributed by atoms with E-state index < -0.39 is 0 Å². The molecule has 2 heterocycles. The highest BCUT2D eigenvalue weighted by molar-refractivity contribution is 7.10. The molecule has 0 saturated carbocycles. The first-order valence-corrected chi connectivity index (χ1v) is 8.32. The second kappa shape index (κ2) is 6.75. The van der Waals surface area contributed by atoms with Crippen LogP contribution in [0.25, 0.3) is 11.4 Å². The highest BCUT2D eigenvalue weighted by Gasteiger charge is 2.11. The van der Waals surface area contributed by atoms with Gasteiger partial charge in [0.2, 0.25) is 0 Å². The Morgan fingerprint density at radius 1 is 1.30 bits per heavy atom. The minimum absolute atomic E-state index is 0.0638. The van der Waals surface area contributed by atoms with Crippen molar-refractivity contribution in [1.29, 1.82) is 0 Å². The summed E-state index contributed by atoms with van der Waals surface area (Å²) in [6.45, 7) is 4.59. The molecule has 0 aliphatic heterocycles. The number of carbonyl (C=O) groups excluding carboxylic acids is 1. The lowest BCUT2D eigenvalue weighted by Crippen LogP contribution is -2.27. The van der Waals surface area contributed by atoms with E-state index in [9.17, 15) is 4.79 Å². The van der Waals surface area contributed by atoms with Gasteiger partial charge in [-0.1, -0.05) is 25.1 Å². The lowest BCUT2D eigenvalue weighted by Gasteiger charge is -2.11. The van der Waals surface area contributed by atoms with Crippen LogP contribution in [0.1, 0.15) is 33.9 Å². The van der Waals surface area contributed by atoms with Gasteiger partial charge in [0.05, 0.1) is 0 Å². The maximum absolute atomic E-state index is 12.2. The lowest BCUT2D eigenvalue weighted by atomic mass is 10.1. The average Bonchev–Trinajstić information content (AvgIpc) is 3.24. The standard InChI is InChI=1S/C17H18N4OS/c1-11(15-4-3-9-23-15)10-18-17(22)14-7-5-13(6-8-14)16-19-12(2)20-21-16/h3-9,11H,10H2,1-2H3,(H,18,22)(H,19,20,21)/t11-/m0/s1. The van der Waals surface area contributed by atoms with E-state index in [4.69, 9.17) is 0 Å². The van der Waals surface area contributed by atoms with Gasteiger partial charge in [-0.2, -0.15) is 5.10 Å². The fraction of sp³-hybridized carbons (Fsp3) is 0.235. The van der Waals surface area contributed by atoms with Crippen molar-refractivity contribution >= 4 is 17.2 Å². The zero-order valence-corrected chi connectivity index (χ0v) is 13.9. The van der Waals surface area contributed by atoms with E-state index in [1.165, 1.54) is 4.88 Å². The molecular formula is C17H18N4OS. The van der Waals surface area contributed by atoms with E-state index in [2.05, 4.69) is 38.9 Å². The van der Waals surface area contributed by atoms with E-state index in [1.807, 2.05) is 25.1 Å². The monoisotopic (exact) mass is 326 g/mol. The fourth-order valence-corrected chi connectivity index (χ4v) is 3.05. The Morgan fingerprint density at radius 3 is 2.70 bits per heavy atom. The first kappa shape index (κ1) is 15.4. The number of hydrogen-bond donors (Lipinski definition) is 2. The third-order valence-corrected chi connectivity index (χ3v) is 4.70. The number of benzene rings is 1. The van der Waals surface area contributed by atoms with E-state index in [0.717, 1.165) is 11.4 Å². The molecule has 2 aromatic heterocycles. The Labute approximate surface area is 138 Å².